The maximum atomic E-state index is 11.2. The lowest BCUT2D eigenvalue weighted by Gasteiger charge is -2.15. The Balaban J connectivity index is 2.78. The molecule has 0 aliphatic carbocycles. The molecule has 16 heavy (non-hydrogen) atoms. The Kier molecular flexibility index (Phi) is 4.37. The summed E-state index contributed by atoms with van der Waals surface area (Å²) < 4.78 is 0. The van der Waals surface area contributed by atoms with Crippen LogP contribution in [0.2, 0.25) is 0 Å². The molecule has 1 aromatic rings. The number of nitrogens with one attached hydrogen (secondary N) is 1. The summed E-state index contributed by atoms with van der Waals surface area (Å²) in [5.41, 5.74) is 1.73. The van der Waals surface area contributed by atoms with Crippen molar-refractivity contribution in [3.63, 3.8) is 0 Å². The summed E-state index contributed by atoms with van der Waals surface area (Å²) in [5, 5.41) is 2.21. The number of thiol groups is 1. The average Bonchev–Trinajstić information content (AvgIpc) is 2.25. The quantitative estimate of drug-likeness (QED) is 0.789. The fourth-order valence-corrected chi connectivity index (χ4v) is 1.31. The summed E-state index contributed by atoms with van der Waals surface area (Å²) in [4.78, 5) is 23.3. The number of nitrogens with zero attached hydrogens (tertiary/aromatic N) is 1. The van der Waals surface area contributed by atoms with E-state index in [0.717, 1.165) is 11.3 Å². The van der Waals surface area contributed by atoms with Crippen molar-refractivity contribution in [2.24, 2.45) is 0 Å². The summed E-state index contributed by atoms with van der Waals surface area (Å²) in [5.74, 6) is -0.0321. The molecule has 0 aliphatic heterocycles. The maximum Gasteiger partial charge on any atom is 0.276 e. The Morgan fingerprint density at radius 1 is 1.44 bits per heavy atom. The van der Waals surface area contributed by atoms with E-state index < -0.39 is 0 Å². The molecule has 0 atom stereocenters. The first-order valence-electron chi connectivity index (χ1n) is 4.80. The maximum absolute atomic E-state index is 11.2. The summed E-state index contributed by atoms with van der Waals surface area (Å²) in [6.45, 7) is 1.91. The molecule has 0 bridgehead atoms. The molecule has 1 rings (SSSR count). The third-order valence-electron chi connectivity index (χ3n) is 2.21. The fourth-order valence-electron chi connectivity index (χ4n) is 1.23. The Labute approximate surface area is 100 Å². The van der Waals surface area contributed by atoms with Crippen LogP contribution >= 0.6 is 12.6 Å². The van der Waals surface area contributed by atoms with Gasteiger partial charge in [-0.3, -0.25) is 9.59 Å². The number of rotatable bonds is 3. The van der Waals surface area contributed by atoms with Gasteiger partial charge < -0.3 is 10.2 Å². The molecule has 4 nitrogen and oxygen atoms in total. The van der Waals surface area contributed by atoms with Crippen LogP contribution in [0.15, 0.2) is 24.3 Å². The van der Waals surface area contributed by atoms with E-state index in [9.17, 15) is 9.59 Å². The molecule has 0 fully saturated rings. The number of hydrogen-bond acceptors (Lipinski definition) is 2. The molecular formula is C11H14N2O2S. The lowest BCUT2D eigenvalue weighted by atomic mass is 10.2. The minimum atomic E-state index is -0.370. The van der Waals surface area contributed by atoms with Gasteiger partial charge in [-0.15, -0.1) is 0 Å². The second-order valence-electron chi connectivity index (χ2n) is 3.41. The highest BCUT2D eigenvalue weighted by molar-refractivity contribution is 7.96. The molecule has 0 unspecified atom stereocenters. The number of benzene rings is 1. The largest absolute Gasteiger partial charge is 0.343 e. The summed E-state index contributed by atoms with van der Waals surface area (Å²) in [6.07, 6.45) is 0. The molecule has 0 aliphatic rings. The normalized spacial score (nSPS) is 9.69. The molecule has 0 saturated heterocycles. The van der Waals surface area contributed by atoms with Gasteiger partial charge in [-0.05, 0) is 17.7 Å². The SMILES string of the molecule is CC(=O)N(C)c1cccc(CNC(=O)S)c1. The summed E-state index contributed by atoms with van der Waals surface area (Å²) in [7, 11) is 1.71. The van der Waals surface area contributed by atoms with E-state index in [-0.39, 0.29) is 11.1 Å². The first kappa shape index (κ1) is 12.6. The molecule has 1 N–H and O–H groups in total. The van der Waals surface area contributed by atoms with Gasteiger partial charge in [0.2, 0.25) is 5.91 Å². The highest BCUT2D eigenvalue weighted by atomic mass is 32.1. The molecule has 0 radical (unpaired) electrons. The van der Waals surface area contributed by atoms with Gasteiger partial charge in [-0.1, -0.05) is 24.8 Å². The highest BCUT2D eigenvalue weighted by Gasteiger charge is 2.05. The Hall–Kier alpha value is -1.49. The topological polar surface area (TPSA) is 49.4 Å². The van der Waals surface area contributed by atoms with Crippen LogP contribution in [0, 0.1) is 0 Å². The third-order valence-corrected chi connectivity index (χ3v) is 2.37. The minimum absolute atomic E-state index is 0.0321. The van der Waals surface area contributed by atoms with Crippen molar-refractivity contribution >= 4 is 29.5 Å². The smallest absolute Gasteiger partial charge is 0.276 e. The number of hydrogen-bond donors (Lipinski definition) is 2. The van der Waals surface area contributed by atoms with Crippen LogP contribution < -0.4 is 10.2 Å². The van der Waals surface area contributed by atoms with Crippen LogP contribution in [-0.2, 0) is 11.3 Å². The van der Waals surface area contributed by atoms with Crippen molar-refractivity contribution in [2.75, 3.05) is 11.9 Å². The Morgan fingerprint density at radius 3 is 2.69 bits per heavy atom. The van der Waals surface area contributed by atoms with Crippen molar-refractivity contribution in [2.45, 2.75) is 13.5 Å². The third kappa shape index (κ3) is 3.58. The molecule has 1 aromatic carbocycles. The lowest BCUT2D eigenvalue weighted by Crippen LogP contribution is -2.23. The molecule has 5 heteroatoms. The number of anilines is 1. The van der Waals surface area contributed by atoms with Crippen LogP contribution in [0.4, 0.5) is 10.5 Å². The zero-order valence-corrected chi connectivity index (χ0v) is 10.1. The van der Waals surface area contributed by atoms with Crippen molar-refractivity contribution < 1.29 is 9.59 Å². The monoisotopic (exact) mass is 238 g/mol. The molecule has 0 heterocycles. The van der Waals surface area contributed by atoms with Crippen LogP contribution in [-0.4, -0.2) is 18.2 Å². The van der Waals surface area contributed by atoms with Crippen molar-refractivity contribution in [3.8, 4) is 0 Å². The van der Waals surface area contributed by atoms with Gasteiger partial charge in [0.05, 0.1) is 0 Å². The first-order chi connectivity index (χ1) is 7.50. The van der Waals surface area contributed by atoms with Gasteiger partial charge in [-0.25, -0.2) is 0 Å². The van der Waals surface area contributed by atoms with Crippen molar-refractivity contribution in [3.05, 3.63) is 29.8 Å². The Bertz CT molecular complexity index is 407. The van der Waals surface area contributed by atoms with E-state index in [1.54, 1.807) is 11.9 Å². The summed E-state index contributed by atoms with van der Waals surface area (Å²) in [6, 6.07) is 7.41. The van der Waals surface area contributed by atoms with Crippen molar-refractivity contribution in [1.29, 1.82) is 0 Å². The standard InChI is InChI=1S/C11H14N2O2S/c1-8(14)13(2)10-5-3-4-9(6-10)7-12-11(15)16/h3-6H,7H2,1-2H3,(H2,12,15,16). The second kappa shape index (κ2) is 5.55. The zero-order chi connectivity index (χ0) is 12.1. The second-order valence-corrected chi connectivity index (χ2v) is 3.81. The number of carbonyl (C=O) groups is 2. The van der Waals surface area contributed by atoms with E-state index >= 15 is 0 Å². The van der Waals surface area contributed by atoms with Gasteiger partial charge in [0.1, 0.15) is 0 Å². The number of amides is 2. The van der Waals surface area contributed by atoms with Gasteiger partial charge in [0.25, 0.3) is 5.24 Å². The average molecular weight is 238 g/mol. The van der Waals surface area contributed by atoms with Crippen LogP contribution in [0.5, 0.6) is 0 Å². The first-order valence-corrected chi connectivity index (χ1v) is 5.25. The molecule has 0 aromatic heterocycles. The van der Waals surface area contributed by atoms with E-state index in [1.807, 2.05) is 24.3 Å². The Morgan fingerprint density at radius 2 is 2.12 bits per heavy atom. The molecule has 2 amide bonds. The van der Waals surface area contributed by atoms with Gasteiger partial charge in [-0.2, -0.15) is 0 Å². The van der Waals surface area contributed by atoms with Gasteiger partial charge >= 0.3 is 0 Å². The lowest BCUT2D eigenvalue weighted by molar-refractivity contribution is -0.116. The molecule has 0 spiro atoms. The van der Waals surface area contributed by atoms with Gasteiger partial charge in [0.15, 0.2) is 0 Å². The predicted molar refractivity (Wildman–Crippen MR) is 66.7 cm³/mol. The fraction of sp³-hybridized carbons (Fsp3) is 0.273. The van der Waals surface area contributed by atoms with E-state index in [2.05, 4.69) is 17.9 Å². The van der Waals surface area contributed by atoms with Gasteiger partial charge in [0, 0.05) is 26.2 Å². The molecular weight excluding hydrogens is 224 g/mol. The van der Waals surface area contributed by atoms with E-state index in [1.165, 1.54) is 6.92 Å². The summed E-state index contributed by atoms with van der Waals surface area (Å²) >= 11 is 3.61. The van der Waals surface area contributed by atoms with Crippen LogP contribution in [0.1, 0.15) is 12.5 Å². The molecule has 86 valence electrons. The van der Waals surface area contributed by atoms with Crippen molar-refractivity contribution in [1.82, 2.24) is 5.32 Å². The predicted octanol–water partition coefficient (Wildman–Crippen LogP) is 1.81. The zero-order valence-electron chi connectivity index (χ0n) is 9.23. The van der Waals surface area contributed by atoms with E-state index in [0.29, 0.717) is 6.54 Å². The van der Waals surface area contributed by atoms with E-state index in [4.69, 9.17) is 0 Å². The van der Waals surface area contributed by atoms with Crippen LogP contribution in [0.25, 0.3) is 0 Å². The van der Waals surface area contributed by atoms with Crippen LogP contribution in [0.3, 0.4) is 0 Å². The molecule has 0 saturated carbocycles. The minimum Gasteiger partial charge on any atom is -0.343 e. The number of carbonyl (C=O) groups excluding carboxylic acids is 2. The highest BCUT2D eigenvalue weighted by Crippen LogP contribution is 2.14.